The van der Waals surface area contributed by atoms with E-state index in [9.17, 15) is 4.79 Å². The maximum Gasteiger partial charge on any atom is 0.188 e. The quantitative estimate of drug-likeness (QED) is 0.674. The van der Waals surface area contributed by atoms with Crippen LogP contribution in [0.1, 0.15) is 34.0 Å². The molecule has 0 atom stereocenters. The fourth-order valence-electron chi connectivity index (χ4n) is 2.30. The molecule has 0 saturated carbocycles. The van der Waals surface area contributed by atoms with Crippen molar-refractivity contribution in [1.82, 2.24) is 0 Å². The van der Waals surface area contributed by atoms with Gasteiger partial charge in [-0.25, -0.2) is 0 Å². The molecule has 0 bridgehead atoms. The number of ether oxygens (including phenoxy) is 1. The Balaban J connectivity index is 2.23. The number of aliphatic hydroxyl groups is 1. The van der Waals surface area contributed by atoms with E-state index in [1.807, 2.05) is 38.1 Å². The highest BCUT2D eigenvalue weighted by atomic mass is 16.5. The lowest BCUT2D eigenvalue weighted by Crippen LogP contribution is -2.01. The zero-order valence-corrected chi connectivity index (χ0v) is 13.1. The van der Waals surface area contributed by atoms with Crippen molar-refractivity contribution < 1.29 is 14.6 Å². The Morgan fingerprint density at radius 3 is 2.41 bits per heavy atom. The Morgan fingerprint density at radius 2 is 1.86 bits per heavy atom. The number of benzene rings is 2. The van der Waals surface area contributed by atoms with Crippen LogP contribution in [0, 0.1) is 6.92 Å². The van der Waals surface area contributed by atoms with Crippen LogP contribution in [-0.4, -0.2) is 18.0 Å². The third-order valence-electron chi connectivity index (χ3n) is 3.56. The van der Waals surface area contributed by atoms with Crippen LogP contribution in [0.5, 0.6) is 5.75 Å². The Hall–Kier alpha value is -2.39. The standard InChI is InChI=1S/C19H20O3/c1-13-10-16(6-9-18(13)22-3)11-14(2)19(21)17-7-4-15(12-20)5-8-17/h4-11,20H,12H2,1-3H3/b14-11+. The first-order valence-corrected chi connectivity index (χ1v) is 7.12. The molecular formula is C19H20O3. The molecule has 22 heavy (non-hydrogen) atoms. The Labute approximate surface area is 130 Å². The minimum atomic E-state index is -0.0194. The van der Waals surface area contributed by atoms with Crippen molar-refractivity contribution in [1.29, 1.82) is 0 Å². The van der Waals surface area contributed by atoms with Gasteiger partial charge in [0.15, 0.2) is 5.78 Å². The molecule has 0 aliphatic rings. The van der Waals surface area contributed by atoms with Gasteiger partial charge in [0.1, 0.15) is 5.75 Å². The second-order valence-electron chi connectivity index (χ2n) is 5.24. The fraction of sp³-hybridized carbons (Fsp3) is 0.211. The maximum absolute atomic E-state index is 12.4. The number of ketones is 1. The van der Waals surface area contributed by atoms with Crippen LogP contribution in [0.15, 0.2) is 48.0 Å². The first-order chi connectivity index (χ1) is 10.5. The first kappa shape index (κ1) is 16.0. The van der Waals surface area contributed by atoms with Gasteiger partial charge < -0.3 is 9.84 Å². The molecule has 0 amide bonds. The number of aliphatic hydroxyl groups excluding tert-OH is 1. The average Bonchev–Trinajstić information content (AvgIpc) is 2.54. The van der Waals surface area contributed by atoms with Gasteiger partial charge in [0, 0.05) is 5.56 Å². The molecule has 0 aliphatic carbocycles. The van der Waals surface area contributed by atoms with Crippen molar-refractivity contribution in [3.63, 3.8) is 0 Å². The summed E-state index contributed by atoms with van der Waals surface area (Å²) in [5, 5.41) is 9.03. The predicted octanol–water partition coefficient (Wildman–Crippen LogP) is 3.78. The Bertz CT molecular complexity index is 697. The third kappa shape index (κ3) is 3.62. The monoisotopic (exact) mass is 296 g/mol. The van der Waals surface area contributed by atoms with E-state index in [1.165, 1.54) is 0 Å². The normalized spacial score (nSPS) is 11.4. The molecule has 0 spiro atoms. The minimum absolute atomic E-state index is 0.0158. The Kier molecular flexibility index (Phi) is 5.12. The Morgan fingerprint density at radius 1 is 1.18 bits per heavy atom. The van der Waals surface area contributed by atoms with Crippen LogP contribution in [-0.2, 0) is 6.61 Å². The van der Waals surface area contributed by atoms with Gasteiger partial charge in [0.05, 0.1) is 13.7 Å². The van der Waals surface area contributed by atoms with Crippen LogP contribution in [0.25, 0.3) is 6.08 Å². The van der Waals surface area contributed by atoms with Gasteiger partial charge in [-0.2, -0.15) is 0 Å². The molecular weight excluding hydrogens is 276 g/mol. The minimum Gasteiger partial charge on any atom is -0.496 e. The highest BCUT2D eigenvalue weighted by molar-refractivity contribution is 6.10. The summed E-state index contributed by atoms with van der Waals surface area (Å²) in [7, 11) is 1.64. The van der Waals surface area contributed by atoms with Crippen LogP contribution in [0.2, 0.25) is 0 Å². The van der Waals surface area contributed by atoms with Crippen molar-refractivity contribution in [3.8, 4) is 5.75 Å². The van der Waals surface area contributed by atoms with Crippen LogP contribution < -0.4 is 4.74 Å². The van der Waals surface area contributed by atoms with Gasteiger partial charge >= 0.3 is 0 Å². The molecule has 0 saturated heterocycles. The zero-order valence-electron chi connectivity index (χ0n) is 13.1. The SMILES string of the molecule is COc1ccc(/C=C(\C)C(=O)c2ccc(CO)cc2)cc1C. The maximum atomic E-state index is 12.4. The van der Waals surface area contributed by atoms with E-state index in [2.05, 4.69) is 0 Å². The molecule has 0 aromatic heterocycles. The summed E-state index contributed by atoms with van der Waals surface area (Å²) in [4.78, 5) is 12.4. The number of carbonyl (C=O) groups excluding carboxylic acids is 1. The van der Waals surface area contributed by atoms with Crippen molar-refractivity contribution in [2.24, 2.45) is 0 Å². The molecule has 114 valence electrons. The number of carbonyl (C=O) groups is 1. The lowest BCUT2D eigenvalue weighted by atomic mass is 10.0. The molecule has 0 radical (unpaired) electrons. The molecule has 3 nitrogen and oxygen atoms in total. The highest BCUT2D eigenvalue weighted by Gasteiger charge is 2.08. The van der Waals surface area contributed by atoms with Gasteiger partial charge in [-0.15, -0.1) is 0 Å². The van der Waals surface area contributed by atoms with Crippen molar-refractivity contribution in [2.45, 2.75) is 20.5 Å². The molecule has 2 aromatic carbocycles. The summed E-state index contributed by atoms with van der Waals surface area (Å²) in [6, 6.07) is 12.8. The first-order valence-electron chi connectivity index (χ1n) is 7.12. The number of Topliss-reactive ketones (excluding diaryl/α,β-unsaturated/α-hetero) is 1. The third-order valence-corrected chi connectivity index (χ3v) is 3.56. The summed E-state index contributed by atoms with van der Waals surface area (Å²) in [6.07, 6.45) is 1.87. The summed E-state index contributed by atoms with van der Waals surface area (Å²) in [6.45, 7) is 3.76. The number of aryl methyl sites for hydroxylation is 1. The lowest BCUT2D eigenvalue weighted by molar-refractivity contribution is 0.103. The number of rotatable bonds is 5. The zero-order chi connectivity index (χ0) is 16.1. The number of allylic oxidation sites excluding steroid dienone is 1. The summed E-state index contributed by atoms with van der Waals surface area (Å²) >= 11 is 0. The van der Waals surface area contributed by atoms with E-state index in [0.717, 1.165) is 22.4 Å². The molecule has 0 heterocycles. The lowest BCUT2D eigenvalue weighted by Gasteiger charge is -2.06. The van der Waals surface area contributed by atoms with E-state index in [4.69, 9.17) is 9.84 Å². The average molecular weight is 296 g/mol. The summed E-state index contributed by atoms with van der Waals surface area (Å²) in [5.41, 5.74) is 4.08. The molecule has 2 rings (SSSR count). The molecule has 0 aliphatic heterocycles. The van der Waals surface area contributed by atoms with Gasteiger partial charge in [-0.05, 0) is 54.3 Å². The van der Waals surface area contributed by atoms with E-state index in [1.54, 1.807) is 31.4 Å². The van der Waals surface area contributed by atoms with E-state index >= 15 is 0 Å². The van der Waals surface area contributed by atoms with Crippen molar-refractivity contribution in [2.75, 3.05) is 7.11 Å². The van der Waals surface area contributed by atoms with Crippen molar-refractivity contribution in [3.05, 3.63) is 70.3 Å². The predicted molar refractivity (Wildman–Crippen MR) is 88.1 cm³/mol. The topological polar surface area (TPSA) is 46.5 Å². The van der Waals surface area contributed by atoms with E-state index in [-0.39, 0.29) is 12.4 Å². The molecule has 3 heteroatoms. The number of hydrogen-bond acceptors (Lipinski definition) is 3. The van der Waals surface area contributed by atoms with Crippen LogP contribution >= 0.6 is 0 Å². The fourth-order valence-corrected chi connectivity index (χ4v) is 2.30. The highest BCUT2D eigenvalue weighted by Crippen LogP contribution is 2.21. The molecule has 0 fully saturated rings. The largest absolute Gasteiger partial charge is 0.496 e. The number of hydrogen-bond donors (Lipinski definition) is 1. The molecule has 1 N–H and O–H groups in total. The summed E-state index contributed by atoms with van der Waals surface area (Å²) < 4.78 is 5.24. The second-order valence-corrected chi connectivity index (χ2v) is 5.24. The molecule has 2 aromatic rings. The number of methoxy groups -OCH3 is 1. The van der Waals surface area contributed by atoms with Gasteiger partial charge in [0.25, 0.3) is 0 Å². The van der Waals surface area contributed by atoms with E-state index in [0.29, 0.717) is 11.1 Å². The molecule has 0 unspecified atom stereocenters. The van der Waals surface area contributed by atoms with Crippen molar-refractivity contribution >= 4 is 11.9 Å². The summed E-state index contributed by atoms with van der Waals surface area (Å²) in [5.74, 6) is 0.818. The smallest absolute Gasteiger partial charge is 0.188 e. The van der Waals surface area contributed by atoms with E-state index < -0.39 is 0 Å². The second kappa shape index (κ2) is 7.05. The van der Waals surface area contributed by atoms with Gasteiger partial charge in [-0.1, -0.05) is 30.3 Å². The van der Waals surface area contributed by atoms with Crippen LogP contribution in [0.3, 0.4) is 0 Å². The van der Waals surface area contributed by atoms with Crippen LogP contribution in [0.4, 0.5) is 0 Å². The van der Waals surface area contributed by atoms with Gasteiger partial charge in [-0.3, -0.25) is 4.79 Å². The van der Waals surface area contributed by atoms with Gasteiger partial charge in [0.2, 0.25) is 0 Å².